The number of nitrogens with one attached hydrogen (secondary N) is 1. The second-order valence-electron chi connectivity index (χ2n) is 5.08. The monoisotopic (exact) mass is 493 g/mol. The Hall–Kier alpha value is -2.37. The van der Waals surface area contributed by atoms with Gasteiger partial charge in [-0.15, -0.1) is 0 Å². The topological polar surface area (TPSA) is 72.8 Å². The summed E-state index contributed by atoms with van der Waals surface area (Å²) in [4.78, 5) is 15.0. The number of hydrogen-bond donors (Lipinski definition) is 1. The molecule has 0 saturated heterocycles. The first kappa shape index (κ1) is 20.9. The number of ether oxygens (including phenoxy) is 2. The van der Waals surface area contributed by atoms with Gasteiger partial charge in [0.25, 0.3) is 0 Å². The minimum Gasteiger partial charge on any atom is -0.481 e. The van der Waals surface area contributed by atoms with Crippen LogP contribution in [0.4, 0.5) is 19.0 Å². The van der Waals surface area contributed by atoms with Crippen LogP contribution in [0.15, 0.2) is 41.6 Å². The fourth-order valence-electron chi connectivity index (χ4n) is 1.85. The number of halogens is 4. The standard InChI is InChI=1S/C17H15F3IN3O3/c1-2-26-16(25)10-27-14-5-3-11(7-13(14)21)8-23-24-15-6-4-12(9-22-15)17(18,19)20/h3-9H,2,10H2,1H3,(H,22,24)/b23-8-. The predicted octanol–water partition coefficient (Wildman–Crippen LogP) is 4.09. The van der Waals surface area contributed by atoms with Crippen LogP contribution in [0, 0.1) is 3.57 Å². The van der Waals surface area contributed by atoms with Gasteiger partial charge in [0.1, 0.15) is 11.6 Å². The van der Waals surface area contributed by atoms with Crippen molar-refractivity contribution in [3.63, 3.8) is 0 Å². The third-order valence-corrected chi connectivity index (χ3v) is 3.93. The van der Waals surface area contributed by atoms with Gasteiger partial charge in [-0.1, -0.05) is 0 Å². The van der Waals surface area contributed by atoms with Crippen LogP contribution in [0.25, 0.3) is 0 Å². The molecule has 0 radical (unpaired) electrons. The van der Waals surface area contributed by atoms with E-state index in [-0.39, 0.29) is 19.0 Å². The van der Waals surface area contributed by atoms with Crippen LogP contribution in [0.3, 0.4) is 0 Å². The molecule has 0 bridgehead atoms. The second-order valence-corrected chi connectivity index (χ2v) is 6.25. The number of nitrogens with zero attached hydrogens (tertiary/aromatic N) is 2. The fourth-order valence-corrected chi connectivity index (χ4v) is 2.55. The molecule has 144 valence electrons. The van der Waals surface area contributed by atoms with Crippen molar-refractivity contribution in [2.75, 3.05) is 18.6 Å². The lowest BCUT2D eigenvalue weighted by atomic mass is 10.2. The number of rotatable bonds is 7. The molecule has 2 rings (SSSR count). The molecule has 6 nitrogen and oxygen atoms in total. The van der Waals surface area contributed by atoms with Crippen LogP contribution in [0.5, 0.6) is 5.75 Å². The summed E-state index contributed by atoms with van der Waals surface area (Å²) < 4.78 is 48.3. The number of hydrogen-bond acceptors (Lipinski definition) is 6. The Balaban J connectivity index is 1.93. The van der Waals surface area contributed by atoms with Gasteiger partial charge in [0.2, 0.25) is 0 Å². The van der Waals surface area contributed by atoms with Gasteiger partial charge >= 0.3 is 12.1 Å². The van der Waals surface area contributed by atoms with Crippen molar-refractivity contribution in [1.29, 1.82) is 0 Å². The Kier molecular flexibility index (Phi) is 7.39. The molecule has 2 aromatic rings. The van der Waals surface area contributed by atoms with Crippen molar-refractivity contribution in [2.24, 2.45) is 5.10 Å². The normalized spacial score (nSPS) is 11.4. The summed E-state index contributed by atoms with van der Waals surface area (Å²) in [6, 6.07) is 7.28. The van der Waals surface area contributed by atoms with Gasteiger partial charge < -0.3 is 9.47 Å². The third kappa shape index (κ3) is 6.70. The lowest BCUT2D eigenvalue weighted by Gasteiger charge is -2.08. The van der Waals surface area contributed by atoms with Crippen molar-refractivity contribution in [2.45, 2.75) is 13.1 Å². The highest BCUT2D eigenvalue weighted by molar-refractivity contribution is 14.1. The minimum atomic E-state index is -4.43. The Morgan fingerprint density at radius 3 is 2.70 bits per heavy atom. The maximum atomic E-state index is 12.5. The maximum absolute atomic E-state index is 12.5. The maximum Gasteiger partial charge on any atom is 0.417 e. The number of hydrazone groups is 1. The minimum absolute atomic E-state index is 0.182. The molecule has 1 N–H and O–H groups in total. The van der Waals surface area contributed by atoms with E-state index in [1.807, 2.05) is 0 Å². The van der Waals surface area contributed by atoms with E-state index < -0.39 is 17.7 Å². The second kappa shape index (κ2) is 9.53. The largest absolute Gasteiger partial charge is 0.481 e. The molecule has 0 aliphatic carbocycles. The van der Waals surface area contributed by atoms with E-state index in [1.165, 1.54) is 12.3 Å². The number of alkyl halides is 3. The zero-order chi connectivity index (χ0) is 19.9. The van der Waals surface area contributed by atoms with E-state index in [9.17, 15) is 18.0 Å². The summed E-state index contributed by atoms with van der Waals surface area (Å²) in [5.74, 6) is 0.258. The van der Waals surface area contributed by atoms with E-state index in [2.05, 4.69) is 38.1 Å². The highest BCUT2D eigenvalue weighted by Gasteiger charge is 2.30. The zero-order valence-corrected chi connectivity index (χ0v) is 16.2. The molecule has 0 aliphatic rings. The van der Waals surface area contributed by atoms with E-state index in [1.54, 1.807) is 25.1 Å². The molecule has 0 amide bonds. The Labute approximate surface area is 166 Å². The van der Waals surface area contributed by atoms with Gasteiger partial charge in [-0.3, -0.25) is 5.43 Å². The van der Waals surface area contributed by atoms with Crippen molar-refractivity contribution in [1.82, 2.24) is 4.98 Å². The predicted molar refractivity (Wildman–Crippen MR) is 102 cm³/mol. The molecular weight excluding hydrogens is 478 g/mol. The van der Waals surface area contributed by atoms with E-state index >= 15 is 0 Å². The number of anilines is 1. The number of carbonyl (C=O) groups excluding carboxylic acids is 1. The molecule has 27 heavy (non-hydrogen) atoms. The van der Waals surface area contributed by atoms with Crippen molar-refractivity contribution in [3.05, 3.63) is 51.2 Å². The quantitative estimate of drug-likeness (QED) is 0.272. The van der Waals surface area contributed by atoms with Crippen LogP contribution in [0.2, 0.25) is 0 Å². The number of pyridine rings is 1. The van der Waals surface area contributed by atoms with Crippen molar-refractivity contribution in [3.8, 4) is 5.75 Å². The van der Waals surface area contributed by atoms with Crippen LogP contribution in [-0.4, -0.2) is 30.4 Å². The molecule has 1 aromatic heterocycles. The van der Waals surface area contributed by atoms with Crippen LogP contribution < -0.4 is 10.2 Å². The SMILES string of the molecule is CCOC(=O)COc1ccc(/C=N\Nc2ccc(C(F)(F)F)cn2)cc1I. The van der Waals surface area contributed by atoms with Crippen LogP contribution in [-0.2, 0) is 15.7 Å². The Morgan fingerprint density at radius 2 is 2.11 bits per heavy atom. The van der Waals surface area contributed by atoms with Gasteiger partial charge in [-0.2, -0.15) is 18.3 Å². The number of benzene rings is 1. The Morgan fingerprint density at radius 1 is 1.33 bits per heavy atom. The molecule has 10 heteroatoms. The van der Waals surface area contributed by atoms with Crippen molar-refractivity contribution < 1.29 is 27.4 Å². The van der Waals surface area contributed by atoms with E-state index in [0.29, 0.717) is 5.75 Å². The molecule has 0 fully saturated rings. The first-order valence-corrected chi connectivity index (χ1v) is 8.77. The van der Waals surface area contributed by atoms with E-state index in [0.717, 1.165) is 21.4 Å². The fraction of sp³-hybridized carbons (Fsp3) is 0.235. The summed E-state index contributed by atoms with van der Waals surface area (Å²) >= 11 is 2.05. The van der Waals surface area contributed by atoms with Crippen molar-refractivity contribution >= 4 is 40.6 Å². The van der Waals surface area contributed by atoms with Gasteiger partial charge in [0, 0.05) is 6.20 Å². The summed E-state index contributed by atoms with van der Waals surface area (Å²) in [6.45, 7) is 1.82. The first-order valence-electron chi connectivity index (χ1n) is 7.70. The number of esters is 1. The van der Waals surface area contributed by atoms with Crippen LogP contribution in [0.1, 0.15) is 18.1 Å². The average Bonchev–Trinajstić information content (AvgIpc) is 2.61. The van der Waals surface area contributed by atoms with Gasteiger partial charge in [-0.25, -0.2) is 9.78 Å². The van der Waals surface area contributed by atoms with Crippen LogP contribution >= 0.6 is 22.6 Å². The summed E-state index contributed by atoms with van der Waals surface area (Å²) in [5, 5.41) is 3.94. The smallest absolute Gasteiger partial charge is 0.417 e. The summed E-state index contributed by atoms with van der Waals surface area (Å²) in [7, 11) is 0. The van der Waals surface area contributed by atoms with Gasteiger partial charge in [0.15, 0.2) is 6.61 Å². The molecule has 0 unspecified atom stereocenters. The molecule has 0 atom stereocenters. The lowest BCUT2D eigenvalue weighted by Crippen LogP contribution is -2.15. The molecule has 1 aromatic carbocycles. The number of aromatic nitrogens is 1. The first-order chi connectivity index (χ1) is 12.8. The summed E-state index contributed by atoms with van der Waals surface area (Å²) in [5.41, 5.74) is 2.45. The highest BCUT2D eigenvalue weighted by Crippen LogP contribution is 2.28. The van der Waals surface area contributed by atoms with Gasteiger partial charge in [-0.05, 0) is 65.4 Å². The average molecular weight is 493 g/mol. The van der Waals surface area contributed by atoms with E-state index in [4.69, 9.17) is 9.47 Å². The summed E-state index contributed by atoms with van der Waals surface area (Å²) in [6.07, 6.45) is -2.21. The molecule has 0 aliphatic heterocycles. The number of carbonyl (C=O) groups is 1. The molecular formula is C17H15F3IN3O3. The lowest BCUT2D eigenvalue weighted by molar-refractivity contribution is -0.145. The third-order valence-electron chi connectivity index (χ3n) is 3.09. The molecule has 0 spiro atoms. The Bertz CT molecular complexity index is 811. The zero-order valence-electron chi connectivity index (χ0n) is 14.1. The highest BCUT2D eigenvalue weighted by atomic mass is 127. The molecule has 1 heterocycles. The van der Waals surface area contributed by atoms with Gasteiger partial charge in [0.05, 0.1) is 22.0 Å². The molecule has 0 saturated carbocycles.